The molecule has 4 N–H and O–H groups in total. The van der Waals surface area contributed by atoms with E-state index in [0.29, 0.717) is 12.2 Å². The standard InChI is InChI=1S/C13H16N2O4/c14-10(9-4-2-1-3-5-9)11(16)15-13(12(17)18)6-7-19-8-13/h1-5,10H,6-8,14H2,(H,15,16)(H,17,18). The maximum Gasteiger partial charge on any atom is 0.331 e. The molecule has 0 saturated carbocycles. The van der Waals surface area contributed by atoms with Crippen LogP contribution < -0.4 is 11.1 Å². The van der Waals surface area contributed by atoms with Crippen molar-refractivity contribution >= 4 is 11.9 Å². The zero-order valence-electron chi connectivity index (χ0n) is 10.3. The summed E-state index contributed by atoms with van der Waals surface area (Å²) in [5.41, 5.74) is 5.11. The molecule has 2 unspecified atom stereocenters. The summed E-state index contributed by atoms with van der Waals surface area (Å²) in [7, 11) is 0. The number of hydrogen-bond acceptors (Lipinski definition) is 4. The molecule has 1 aliphatic heterocycles. The van der Waals surface area contributed by atoms with Crippen LogP contribution >= 0.6 is 0 Å². The van der Waals surface area contributed by atoms with E-state index in [1.165, 1.54) is 0 Å². The van der Waals surface area contributed by atoms with Gasteiger partial charge < -0.3 is 20.9 Å². The van der Waals surface area contributed by atoms with Crippen molar-refractivity contribution in [3.63, 3.8) is 0 Å². The van der Waals surface area contributed by atoms with E-state index in [2.05, 4.69) is 5.32 Å². The summed E-state index contributed by atoms with van der Waals surface area (Å²) in [4.78, 5) is 23.3. The minimum Gasteiger partial charge on any atom is -0.479 e. The molecule has 6 heteroatoms. The molecule has 1 heterocycles. The van der Waals surface area contributed by atoms with E-state index in [4.69, 9.17) is 10.5 Å². The maximum atomic E-state index is 12.1. The molecule has 1 amide bonds. The Morgan fingerprint density at radius 2 is 2.05 bits per heavy atom. The van der Waals surface area contributed by atoms with Crippen LogP contribution in [-0.4, -0.2) is 35.7 Å². The second-order valence-corrected chi connectivity index (χ2v) is 4.57. The first-order valence-electron chi connectivity index (χ1n) is 5.99. The smallest absolute Gasteiger partial charge is 0.331 e. The summed E-state index contributed by atoms with van der Waals surface area (Å²) >= 11 is 0. The third-order valence-electron chi connectivity index (χ3n) is 3.23. The van der Waals surface area contributed by atoms with Crippen molar-refractivity contribution in [2.75, 3.05) is 13.2 Å². The van der Waals surface area contributed by atoms with Gasteiger partial charge in [-0.2, -0.15) is 0 Å². The van der Waals surface area contributed by atoms with E-state index < -0.39 is 23.5 Å². The van der Waals surface area contributed by atoms with Crippen molar-refractivity contribution in [2.24, 2.45) is 5.73 Å². The number of hydrogen-bond donors (Lipinski definition) is 3. The molecular weight excluding hydrogens is 248 g/mol. The molecule has 0 spiro atoms. The van der Waals surface area contributed by atoms with Gasteiger partial charge in [-0.1, -0.05) is 30.3 Å². The predicted octanol–water partition coefficient (Wildman–Crippen LogP) is 0.0463. The summed E-state index contributed by atoms with van der Waals surface area (Å²) in [5, 5.41) is 11.7. The molecule has 0 radical (unpaired) electrons. The Morgan fingerprint density at radius 1 is 1.37 bits per heavy atom. The number of carboxylic acids is 1. The molecule has 1 fully saturated rings. The molecule has 1 saturated heterocycles. The van der Waals surface area contributed by atoms with Gasteiger partial charge in [0.05, 0.1) is 6.61 Å². The fourth-order valence-corrected chi connectivity index (χ4v) is 2.01. The van der Waals surface area contributed by atoms with Crippen LogP contribution in [0.3, 0.4) is 0 Å². The summed E-state index contributed by atoms with van der Waals surface area (Å²) < 4.78 is 5.07. The SMILES string of the molecule is NC(C(=O)NC1(C(=O)O)CCOC1)c1ccccc1. The van der Waals surface area contributed by atoms with Crippen LogP contribution in [0.4, 0.5) is 0 Å². The van der Waals surface area contributed by atoms with Crippen molar-refractivity contribution in [3.8, 4) is 0 Å². The van der Waals surface area contributed by atoms with Gasteiger partial charge in [-0.05, 0) is 5.56 Å². The highest BCUT2D eigenvalue weighted by Gasteiger charge is 2.44. The lowest BCUT2D eigenvalue weighted by atomic mass is 9.97. The normalized spacial score (nSPS) is 23.8. The van der Waals surface area contributed by atoms with Gasteiger partial charge in [-0.15, -0.1) is 0 Å². The molecule has 1 aromatic rings. The molecule has 19 heavy (non-hydrogen) atoms. The van der Waals surface area contributed by atoms with Crippen LogP contribution in [0.1, 0.15) is 18.0 Å². The van der Waals surface area contributed by atoms with Gasteiger partial charge in [0.1, 0.15) is 6.04 Å². The van der Waals surface area contributed by atoms with Gasteiger partial charge in [0.25, 0.3) is 0 Å². The molecule has 6 nitrogen and oxygen atoms in total. The minimum atomic E-state index is -1.36. The van der Waals surface area contributed by atoms with E-state index in [9.17, 15) is 14.7 Å². The molecule has 0 aliphatic carbocycles. The lowest BCUT2D eigenvalue weighted by Crippen LogP contribution is -2.57. The zero-order chi connectivity index (χ0) is 13.9. The van der Waals surface area contributed by atoms with Crippen molar-refractivity contribution in [2.45, 2.75) is 18.0 Å². The number of carboxylic acid groups (broad SMARTS) is 1. The van der Waals surface area contributed by atoms with Crippen molar-refractivity contribution in [1.82, 2.24) is 5.32 Å². The fraction of sp³-hybridized carbons (Fsp3) is 0.385. The summed E-state index contributed by atoms with van der Waals surface area (Å²) in [6, 6.07) is 7.92. The number of benzene rings is 1. The molecule has 0 bridgehead atoms. The van der Waals surface area contributed by atoms with Gasteiger partial charge in [-0.3, -0.25) is 4.79 Å². The van der Waals surface area contributed by atoms with Crippen LogP contribution in [0.5, 0.6) is 0 Å². The number of nitrogens with one attached hydrogen (secondary N) is 1. The number of rotatable bonds is 4. The largest absolute Gasteiger partial charge is 0.479 e. The van der Waals surface area contributed by atoms with E-state index in [1.807, 2.05) is 6.07 Å². The molecule has 0 aromatic heterocycles. The molecule has 1 aliphatic rings. The molecular formula is C13H16N2O4. The van der Waals surface area contributed by atoms with E-state index >= 15 is 0 Å². The van der Waals surface area contributed by atoms with E-state index in [1.54, 1.807) is 24.3 Å². The summed E-state index contributed by atoms with van der Waals surface area (Å²) in [6.45, 7) is 0.280. The highest BCUT2D eigenvalue weighted by atomic mass is 16.5. The number of carbonyl (C=O) groups is 2. The van der Waals surface area contributed by atoms with Crippen LogP contribution in [-0.2, 0) is 14.3 Å². The van der Waals surface area contributed by atoms with Gasteiger partial charge in [0.2, 0.25) is 5.91 Å². The maximum absolute atomic E-state index is 12.1. The average molecular weight is 264 g/mol. The number of amides is 1. The van der Waals surface area contributed by atoms with Crippen molar-refractivity contribution in [3.05, 3.63) is 35.9 Å². The highest BCUT2D eigenvalue weighted by Crippen LogP contribution is 2.20. The van der Waals surface area contributed by atoms with Crippen molar-refractivity contribution in [1.29, 1.82) is 0 Å². The monoisotopic (exact) mass is 264 g/mol. The Balaban J connectivity index is 2.10. The van der Waals surface area contributed by atoms with E-state index in [0.717, 1.165) is 0 Å². The van der Waals surface area contributed by atoms with Crippen LogP contribution in [0, 0.1) is 0 Å². The number of carbonyl (C=O) groups excluding carboxylic acids is 1. The third kappa shape index (κ3) is 2.74. The summed E-state index contributed by atoms with van der Waals surface area (Å²) in [6.07, 6.45) is 0.246. The first-order chi connectivity index (χ1) is 9.05. The van der Waals surface area contributed by atoms with Crippen molar-refractivity contribution < 1.29 is 19.4 Å². The average Bonchev–Trinajstić information content (AvgIpc) is 2.88. The van der Waals surface area contributed by atoms with Gasteiger partial charge in [0.15, 0.2) is 5.54 Å². The molecule has 102 valence electrons. The number of nitrogens with two attached hydrogens (primary N) is 1. The lowest BCUT2D eigenvalue weighted by molar-refractivity contribution is -0.147. The zero-order valence-corrected chi connectivity index (χ0v) is 10.3. The first-order valence-corrected chi connectivity index (χ1v) is 5.99. The molecule has 1 aromatic carbocycles. The second-order valence-electron chi connectivity index (χ2n) is 4.57. The quantitative estimate of drug-likeness (QED) is 0.713. The van der Waals surface area contributed by atoms with Crippen LogP contribution in [0.15, 0.2) is 30.3 Å². The van der Waals surface area contributed by atoms with Crippen LogP contribution in [0.25, 0.3) is 0 Å². The Bertz CT molecular complexity index is 469. The first kappa shape index (κ1) is 13.5. The summed E-state index contributed by atoms with van der Waals surface area (Å²) in [5.74, 6) is -1.61. The van der Waals surface area contributed by atoms with Gasteiger partial charge in [-0.25, -0.2) is 4.79 Å². The molecule has 2 atom stereocenters. The Labute approximate surface area is 110 Å². The lowest BCUT2D eigenvalue weighted by Gasteiger charge is -2.25. The Morgan fingerprint density at radius 3 is 2.58 bits per heavy atom. The minimum absolute atomic E-state index is 0.0322. The topological polar surface area (TPSA) is 102 Å². The Kier molecular flexibility index (Phi) is 3.82. The van der Waals surface area contributed by atoms with Gasteiger partial charge in [0, 0.05) is 13.0 Å². The fourth-order valence-electron chi connectivity index (χ4n) is 2.01. The molecule has 2 rings (SSSR count). The van der Waals surface area contributed by atoms with E-state index in [-0.39, 0.29) is 13.0 Å². The van der Waals surface area contributed by atoms with Crippen LogP contribution in [0.2, 0.25) is 0 Å². The number of ether oxygens (including phenoxy) is 1. The van der Waals surface area contributed by atoms with Gasteiger partial charge >= 0.3 is 5.97 Å². The Hall–Kier alpha value is -1.92. The highest BCUT2D eigenvalue weighted by molar-refractivity contribution is 5.90. The third-order valence-corrected chi connectivity index (χ3v) is 3.23. The second kappa shape index (κ2) is 5.38. The number of aliphatic carboxylic acids is 1. The predicted molar refractivity (Wildman–Crippen MR) is 67.3 cm³/mol.